The summed E-state index contributed by atoms with van der Waals surface area (Å²) in [5, 5.41) is 10.5. The fraction of sp³-hybridized carbons (Fsp3) is 0.536. The highest BCUT2D eigenvalue weighted by molar-refractivity contribution is 6.02. The van der Waals surface area contributed by atoms with Crippen LogP contribution >= 0.6 is 0 Å². The van der Waals surface area contributed by atoms with E-state index in [0.29, 0.717) is 51.3 Å². The Morgan fingerprint density at radius 3 is 2.59 bits per heavy atom. The van der Waals surface area contributed by atoms with E-state index in [1.54, 1.807) is 16.0 Å². The largest absolute Gasteiger partial charge is 0.483 e. The fourth-order valence-corrected chi connectivity index (χ4v) is 5.37. The molecule has 2 atom stereocenters. The van der Waals surface area contributed by atoms with Crippen molar-refractivity contribution in [2.75, 3.05) is 38.1 Å². The summed E-state index contributed by atoms with van der Waals surface area (Å²) in [5.41, 5.74) is 1.32. The van der Waals surface area contributed by atoms with Gasteiger partial charge in [0.1, 0.15) is 28.8 Å². The standard InChI is InChI=1S/C28H36N6O5/c1-28(2,3)39-27(37)34-12-10-33(11-13-34)23(36)17-38-22-7-5-4-6-21(22)24(18-8-9-20(35)14-18)26-29-15-19-16-30-32-25(19)31-26/h4-7,16,18,24H,8-15,17H2,1-3H3,(H2,29,30,31,32). The van der Waals surface area contributed by atoms with Crippen LogP contribution in [-0.2, 0) is 20.9 Å². The number of aromatic nitrogens is 2. The van der Waals surface area contributed by atoms with E-state index in [2.05, 4.69) is 15.5 Å². The number of carbonyl (C=O) groups excluding carboxylic acids is 3. The van der Waals surface area contributed by atoms with Crippen molar-refractivity contribution in [2.24, 2.45) is 10.9 Å². The molecule has 2 aromatic rings. The molecule has 5 rings (SSSR count). The SMILES string of the molecule is CC(C)(C)OC(=O)N1CCN(C(=O)COc2ccccc2C(C2=NCc3cn[nH]c3N2)C2CCC(=O)C2)CC1. The quantitative estimate of drug-likeness (QED) is 0.579. The molecule has 1 saturated heterocycles. The number of Topliss-reactive ketones (excluding diaryl/α,β-unsaturated/α-hetero) is 1. The van der Waals surface area contributed by atoms with Crippen LogP contribution in [0, 0.1) is 5.92 Å². The number of piperazine rings is 1. The molecule has 3 aliphatic rings. The number of fused-ring (bicyclic) bond motifs is 1. The summed E-state index contributed by atoms with van der Waals surface area (Å²) < 4.78 is 11.6. The van der Waals surface area contributed by atoms with E-state index in [-0.39, 0.29) is 36.2 Å². The normalized spacial score (nSPS) is 20.1. The maximum atomic E-state index is 13.0. The van der Waals surface area contributed by atoms with Crippen molar-refractivity contribution in [1.29, 1.82) is 0 Å². The summed E-state index contributed by atoms with van der Waals surface area (Å²) in [6.45, 7) is 7.55. The van der Waals surface area contributed by atoms with Crippen LogP contribution in [0.25, 0.3) is 0 Å². The minimum atomic E-state index is -0.561. The Kier molecular flexibility index (Phi) is 7.58. The Bertz CT molecular complexity index is 1260. The number of aliphatic imine (C=N–C) groups is 1. The number of carbonyl (C=O) groups is 3. The van der Waals surface area contributed by atoms with Gasteiger partial charge in [-0.2, -0.15) is 5.10 Å². The summed E-state index contributed by atoms with van der Waals surface area (Å²) in [6, 6.07) is 7.66. The van der Waals surface area contributed by atoms with Crippen LogP contribution in [0.15, 0.2) is 35.5 Å². The van der Waals surface area contributed by atoms with Crippen molar-refractivity contribution in [1.82, 2.24) is 20.0 Å². The van der Waals surface area contributed by atoms with Gasteiger partial charge in [-0.3, -0.25) is 19.7 Å². The fourth-order valence-electron chi connectivity index (χ4n) is 5.37. The number of ketones is 1. The van der Waals surface area contributed by atoms with E-state index in [0.717, 1.165) is 29.2 Å². The minimum Gasteiger partial charge on any atom is -0.483 e. The molecule has 11 nitrogen and oxygen atoms in total. The van der Waals surface area contributed by atoms with Crippen molar-refractivity contribution in [3.8, 4) is 5.75 Å². The van der Waals surface area contributed by atoms with Gasteiger partial charge in [0.2, 0.25) is 0 Å². The predicted molar refractivity (Wildman–Crippen MR) is 145 cm³/mol. The number of H-pyrrole nitrogens is 1. The first-order valence-electron chi connectivity index (χ1n) is 13.5. The molecule has 2 aliphatic heterocycles. The average Bonchev–Trinajstić information content (AvgIpc) is 3.56. The van der Waals surface area contributed by atoms with Gasteiger partial charge in [-0.1, -0.05) is 18.2 Å². The lowest BCUT2D eigenvalue weighted by Crippen LogP contribution is -2.52. The van der Waals surface area contributed by atoms with Gasteiger partial charge in [0.25, 0.3) is 5.91 Å². The molecule has 2 N–H and O–H groups in total. The second-order valence-corrected chi connectivity index (χ2v) is 11.3. The Hall–Kier alpha value is -3.89. The molecule has 208 valence electrons. The second-order valence-electron chi connectivity index (χ2n) is 11.3. The van der Waals surface area contributed by atoms with E-state index in [9.17, 15) is 14.4 Å². The van der Waals surface area contributed by atoms with Gasteiger partial charge in [-0.25, -0.2) is 4.79 Å². The lowest BCUT2D eigenvalue weighted by Gasteiger charge is -2.35. The van der Waals surface area contributed by atoms with Gasteiger partial charge in [0.15, 0.2) is 6.61 Å². The molecule has 39 heavy (non-hydrogen) atoms. The van der Waals surface area contributed by atoms with Crippen LogP contribution in [0.1, 0.15) is 57.1 Å². The number of nitrogens with one attached hydrogen (secondary N) is 2. The summed E-state index contributed by atoms with van der Waals surface area (Å²) in [4.78, 5) is 45.8. The average molecular weight is 537 g/mol. The third-order valence-electron chi connectivity index (χ3n) is 7.33. The third-order valence-corrected chi connectivity index (χ3v) is 7.33. The molecule has 1 aliphatic carbocycles. The number of nitrogens with zero attached hydrogens (tertiary/aromatic N) is 4. The smallest absolute Gasteiger partial charge is 0.410 e. The highest BCUT2D eigenvalue weighted by atomic mass is 16.6. The summed E-state index contributed by atoms with van der Waals surface area (Å²) in [7, 11) is 0. The number of rotatable bonds is 6. The molecule has 0 bridgehead atoms. The zero-order valence-corrected chi connectivity index (χ0v) is 22.7. The van der Waals surface area contributed by atoms with Gasteiger partial charge in [0, 0.05) is 56.1 Å². The number of para-hydroxylation sites is 1. The Morgan fingerprint density at radius 2 is 1.87 bits per heavy atom. The van der Waals surface area contributed by atoms with E-state index >= 15 is 0 Å². The maximum absolute atomic E-state index is 13.0. The molecule has 1 aromatic heterocycles. The molecule has 1 saturated carbocycles. The molecular formula is C28H36N6O5. The molecule has 0 radical (unpaired) electrons. The number of ether oxygens (including phenoxy) is 2. The molecule has 2 unspecified atom stereocenters. The van der Waals surface area contributed by atoms with Crippen LogP contribution in [0.4, 0.5) is 10.6 Å². The van der Waals surface area contributed by atoms with E-state index < -0.39 is 5.60 Å². The topological polar surface area (TPSA) is 129 Å². The van der Waals surface area contributed by atoms with Crippen LogP contribution in [0.5, 0.6) is 5.75 Å². The van der Waals surface area contributed by atoms with Gasteiger partial charge in [0.05, 0.1) is 12.7 Å². The number of hydrogen-bond donors (Lipinski definition) is 2. The van der Waals surface area contributed by atoms with Gasteiger partial charge in [-0.05, 0) is 39.2 Å². The van der Waals surface area contributed by atoms with Crippen molar-refractivity contribution in [2.45, 2.75) is 58.1 Å². The van der Waals surface area contributed by atoms with Crippen molar-refractivity contribution >= 4 is 29.4 Å². The highest BCUT2D eigenvalue weighted by Crippen LogP contribution is 2.41. The molecule has 11 heteroatoms. The lowest BCUT2D eigenvalue weighted by atomic mass is 9.82. The van der Waals surface area contributed by atoms with Crippen molar-refractivity contribution in [3.05, 3.63) is 41.6 Å². The number of aromatic amines is 1. The Morgan fingerprint density at radius 1 is 1.13 bits per heavy atom. The number of amidine groups is 1. The number of hydrogen-bond acceptors (Lipinski definition) is 8. The minimum absolute atomic E-state index is 0.0783. The van der Waals surface area contributed by atoms with Gasteiger partial charge >= 0.3 is 6.09 Å². The predicted octanol–water partition coefficient (Wildman–Crippen LogP) is 3.34. The van der Waals surface area contributed by atoms with Crippen molar-refractivity contribution < 1.29 is 23.9 Å². The van der Waals surface area contributed by atoms with Gasteiger partial charge in [-0.15, -0.1) is 0 Å². The van der Waals surface area contributed by atoms with Crippen LogP contribution in [0.2, 0.25) is 0 Å². The van der Waals surface area contributed by atoms with E-state index in [4.69, 9.17) is 14.5 Å². The molecular weight excluding hydrogens is 500 g/mol. The maximum Gasteiger partial charge on any atom is 0.410 e. The van der Waals surface area contributed by atoms with Crippen LogP contribution in [0.3, 0.4) is 0 Å². The zero-order valence-electron chi connectivity index (χ0n) is 22.7. The number of anilines is 1. The summed E-state index contributed by atoms with van der Waals surface area (Å²) in [6.07, 6.45) is 3.21. The first-order valence-corrected chi connectivity index (χ1v) is 13.5. The number of benzene rings is 1. The lowest BCUT2D eigenvalue weighted by molar-refractivity contribution is -0.135. The summed E-state index contributed by atoms with van der Waals surface area (Å²) in [5.74, 6) is 2.19. The molecule has 1 aromatic carbocycles. The Labute approximate surface area is 227 Å². The third kappa shape index (κ3) is 6.23. The molecule has 2 fully saturated rings. The molecule has 2 amide bonds. The molecule has 0 spiro atoms. The summed E-state index contributed by atoms with van der Waals surface area (Å²) >= 11 is 0. The zero-order chi connectivity index (χ0) is 27.6. The van der Waals surface area contributed by atoms with Crippen LogP contribution < -0.4 is 10.1 Å². The second kappa shape index (κ2) is 11.1. The first kappa shape index (κ1) is 26.7. The molecule has 3 heterocycles. The van der Waals surface area contributed by atoms with E-state index in [1.807, 2.05) is 45.0 Å². The first-order chi connectivity index (χ1) is 18.7. The van der Waals surface area contributed by atoms with Gasteiger partial charge < -0.3 is 24.6 Å². The van der Waals surface area contributed by atoms with Crippen molar-refractivity contribution in [3.63, 3.8) is 0 Å². The number of amides is 2. The van der Waals surface area contributed by atoms with E-state index in [1.165, 1.54) is 0 Å². The Balaban J connectivity index is 1.26. The van der Waals surface area contributed by atoms with Crippen LogP contribution in [-0.4, -0.2) is 82.0 Å². The monoisotopic (exact) mass is 536 g/mol. The highest BCUT2D eigenvalue weighted by Gasteiger charge is 2.37.